The Bertz CT molecular complexity index is 219. The monoisotopic (exact) mass is 225 g/mol. The second-order valence-corrected chi connectivity index (χ2v) is 6.30. The van der Waals surface area contributed by atoms with Gasteiger partial charge in [0.15, 0.2) is 0 Å². The van der Waals surface area contributed by atoms with E-state index in [1.165, 1.54) is 38.5 Å². The van der Waals surface area contributed by atoms with E-state index in [2.05, 4.69) is 18.7 Å². The fourth-order valence-electron chi connectivity index (χ4n) is 3.63. The summed E-state index contributed by atoms with van der Waals surface area (Å²) in [4.78, 5) is 2.69. The van der Waals surface area contributed by atoms with Crippen LogP contribution in [-0.4, -0.2) is 34.2 Å². The highest BCUT2D eigenvalue weighted by Gasteiger charge is 2.37. The second kappa shape index (κ2) is 5.05. The summed E-state index contributed by atoms with van der Waals surface area (Å²) < 4.78 is 0. The van der Waals surface area contributed by atoms with Gasteiger partial charge in [0.2, 0.25) is 0 Å². The van der Waals surface area contributed by atoms with Gasteiger partial charge in [0, 0.05) is 18.1 Å². The number of nitrogens with zero attached hydrogens (tertiary/aromatic N) is 1. The topological polar surface area (TPSA) is 23.5 Å². The Labute approximate surface area is 100 Å². The third-order valence-corrected chi connectivity index (χ3v) is 4.48. The van der Waals surface area contributed by atoms with Gasteiger partial charge in [-0.3, -0.25) is 4.90 Å². The molecule has 2 heteroatoms. The van der Waals surface area contributed by atoms with Crippen molar-refractivity contribution in [1.82, 2.24) is 4.90 Å². The highest BCUT2D eigenvalue weighted by Crippen LogP contribution is 2.33. The first-order valence-corrected chi connectivity index (χ1v) is 7.04. The molecule has 0 bridgehead atoms. The van der Waals surface area contributed by atoms with Crippen molar-refractivity contribution in [3.05, 3.63) is 0 Å². The SMILES string of the molecule is CC1(C)CC(O)CCN1C1CCCCCC1. The summed E-state index contributed by atoms with van der Waals surface area (Å²) in [7, 11) is 0. The molecule has 0 aromatic carbocycles. The van der Waals surface area contributed by atoms with E-state index in [1.807, 2.05) is 0 Å². The van der Waals surface area contributed by atoms with Gasteiger partial charge in [-0.05, 0) is 39.5 Å². The quantitative estimate of drug-likeness (QED) is 0.694. The molecule has 1 heterocycles. The summed E-state index contributed by atoms with van der Waals surface area (Å²) in [6, 6.07) is 0.782. The Balaban J connectivity index is 2.01. The lowest BCUT2D eigenvalue weighted by Crippen LogP contribution is -2.55. The number of hydrogen-bond donors (Lipinski definition) is 1. The van der Waals surface area contributed by atoms with Crippen LogP contribution in [0.2, 0.25) is 0 Å². The van der Waals surface area contributed by atoms with Crippen LogP contribution in [0.1, 0.15) is 65.2 Å². The van der Waals surface area contributed by atoms with Gasteiger partial charge in [-0.15, -0.1) is 0 Å². The van der Waals surface area contributed by atoms with Crippen molar-refractivity contribution in [3.8, 4) is 0 Å². The number of aliphatic hydroxyl groups is 1. The number of piperidine rings is 1. The Morgan fingerprint density at radius 3 is 2.19 bits per heavy atom. The molecule has 1 saturated carbocycles. The van der Waals surface area contributed by atoms with Gasteiger partial charge >= 0.3 is 0 Å². The molecule has 1 unspecified atom stereocenters. The molecular weight excluding hydrogens is 198 g/mol. The van der Waals surface area contributed by atoms with Gasteiger partial charge in [0.05, 0.1) is 6.10 Å². The summed E-state index contributed by atoms with van der Waals surface area (Å²) in [6.45, 7) is 5.71. The first-order chi connectivity index (χ1) is 7.59. The maximum Gasteiger partial charge on any atom is 0.0569 e. The van der Waals surface area contributed by atoms with E-state index in [1.54, 1.807) is 0 Å². The fraction of sp³-hybridized carbons (Fsp3) is 1.00. The highest BCUT2D eigenvalue weighted by molar-refractivity contribution is 4.93. The van der Waals surface area contributed by atoms with Crippen LogP contribution in [0, 0.1) is 0 Å². The van der Waals surface area contributed by atoms with Crippen LogP contribution in [0.25, 0.3) is 0 Å². The average Bonchev–Trinajstić information content (AvgIpc) is 2.44. The molecule has 94 valence electrons. The molecule has 2 nitrogen and oxygen atoms in total. The van der Waals surface area contributed by atoms with E-state index in [0.29, 0.717) is 0 Å². The first kappa shape index (κ1) is 12.4. The van der Waals surface area contributed by atoms with E-state index >= 15 is 0 Å². The molecule has 1 saturated heterocycles. The minimum Gasteiger partial charge on any atom is -0.393 e. The van der Waals surface area contributed by atoms with E-state index < -0.39 is 0 Å². The predicted octanol–water partition coefficient (Wildman–Crippen LogP) is 2.94. The molecule has 2 aliphatic rings. The van der Waals surface area contributed by atoms with Crippen LogP contribution in [0.3, 0.4) is 0 Å². The van der Waals surface area contributed by atoms with Crippen LogP contribution >= 0.6 is 0 Å². The van der Waals surface area contributed by atoms with Gasteiger partial charge in [0.1, 0.15) is 0 Å². The van der Waals surface area contributed by atoms with Gasteiger partial charge in [0.25, 0.3) is 0 Å². The van der Waals surface area contributed by atoms with Crippen molar-refractivity contribution in [2.75, 3.05) is 6.54 Å². The van der Waals surface area contributed by atoms with Crippen molar-refractivity contribution < 1.29 is 5.11 Å². The lowest BCUT2D eigenvalue weighted by molar-refractivity contribution is -0.0309. The Morgan fingerprint density at radius 1 is 1.00 bits per heavy atom. The normalized spacial score (nSPS) is 33.6. The van der Waals surface area contributed by atoms with Crippen molar-refractivity contribution >= 4 is 0 Å². The minimum absolute atomic E-state index is 0.0722. The molecule has 1 aliphatic carbocycles. The zero-order valence-electron chi connectivity index (χ0n) is 10.9. The molecule has 16 heavy (non-hydrogen) atoms. The average molecular weight is 225 g/mol. The summed E-state index contributed by atoms with van der Waals surface area (Å²) in [6.07, 6.45) is 10.3. The maximum absolute atomic E-state index is 9.79. The minimum atomic E-state index is -0.0722. The molecule has 2 rings (SSSR count). The number of aliphatic hydroxyl groups excluding tert-OH is 1. The molecule has 0 spiro atoms. The Morgan fingerprint density at radius 2 is 1.62 bits per heavy atom. The van der Waals surface area contributed by atoms with Crippen LogP contribution in [-0.2, 0) is 0 Å². The molecular formula is C14H27NO. The van der Waals surface area contributed by atoms with E-state index in [-0.39, 0.29) is 11.6 Å². The molecule has 0 aromatic rings. The van der Waals surface area contributed by atoms with E-state index in [9.17, 15) is 5.11 Å². The summed E-state index contributed by atoms with van der Waals surface area (Å²) in [5, 5.41) is 9.79. The van der Waals surface area contributed by atoms with E-state index in [0.717, 1.165) is 25.4 Å². The Kier molecular flexibility index (Phi) is 3.91. The zero-order valence-corrected chi connectivity index (χ0v) is 10.9. The third-order valence-electron chi connectivity index (χ3n) is 4.48. The summed E-state index contributed by atoms with van der Waals surface area (Å²) in [5.41, 5.74) is 0.201. The van der Waals surface area contributed by atoms with Crippen molar-refractivity contribution in [3.63, 3.8) is 0 Å². The molecule has 1 atom stereocenters. The lowest BCUT2D eigenvalue weighted by atomic mass is 9.86. The Hall–Kier alpha value is -0.0800. The highest BCUT2D eigenvalue weighted by atomic mass is 16.3. The second-order valence-electron chi connectivity index (χ2n) is 6.30. The van der Waals surface area contributed by atoms with Crippen LogP contribution < -0.4 is 0 Å². The summed E-state index contributed by atoms with van der Waals surface area (Å²) in [5.74, 6) is 0. The molecule has 1 aliphatic heterocycles. The molecule has 0 aromatic heterocycles. The smallest absolute Gasteiger partial charge is 0.0569 e. The molecule has 1 N–H and O–H groups in total. The molecule has 0 amide bonds. The fourth-order valence-corrected chi connectivity index (χ4v) is 3.63. The largest absolute Gasteiger partial charge is 0.393 e. The molecule has 2 fully saturated rings. The molecule has 0 radical (unpaired) electrons. The van der Waals surface area contributed by atoms with Gasteiger partial charge in [-0.25, -0.2) is 0 Å². The number of rotatable bonds is 1. The van der Waals surface area contributed by atoms with Crippen LogP contribution in [0.4, 0.5) is 0 Å². The van der Waals surface area contributed by atoms with Crippen molar-refractivity contribution in [2.45, 2.75) is 82.9 Å². The lowest BCUT2D eigenvalue weighted by Gasteiger charge is -2.48. The van der Waals surface area contributed by atoms with Crippen LogP contribution in [0.15, 0.2) is 0 Å². The van der Waals surface area contributed by atoms with Crippen molar-refractivity contribution in [2.24, 2.45) is 0 Å². The number of likely N-dealkylation sites (tertiary alicyclic amines) is 1. The standard InChI is InChI=1S/C14H27NO/c1-14(2)11-13(16)9-10-15(14)12-7-5-3-4-6-8-12/h12-13,16H,3-11H2,1-2H3. The first-order valence-electron chi connectivity index (χ1n) is 7.04. The summed E-state index contributed by atoms with van der Waals surface area (Å²) >= 11 is 0. The predicted molar refractivity (Wildman–Crippen MR) is 67.5 cm³/mol. The zero-order chi connectivity index (χ0) is 11.6. The van der Waals surface area contributed by atoms with E-state index in [4.69, 9.17) is 0 Å². The van der Waals surface area contributed by atoms with Crippen LogP contribution in [0.5, 0.6) is 0 Å². The van der Waals surface area contributed by atoms with Gasteiger partial charge in [-0.1, -0.05) is 25.7 Å². The van der Waals surface area contributed by atoms with Crippen molar-refractivity contribution in [1.29, 1.82) is 0 Å². The van der Waals surface area contributed by atoms with Gasteiger partial charge in [-0.2, -0.15) is 0 Å². The van der Waals surface area contributed by atoms with Gasteiger partial charge < -0.3 is 5.11 Å². The number of hydrogen-bond acceptors (Lipinski definition) is 2. The maximum atomic E-state index is 9.79. The third kappa shape index (κ3) is 2.78.